The zero-order valence-electron chi connectivity index (χ0n) is 8.57. The van der Waals surface area contributed by atoms with Gasteiger partial charge in [-0.25, -0.2) is 0 Å². The maximum atomic E-state index is 11.7. The number of benzene rings is 1. The Kier molecular flexibility index (Phi) is 4.61. The van der Waals surface area contributed by atoms with Crippen molar-refractivity contribution < 1.29 is 17.9 Å². The highest BCUT2D eigenvalue weighted by atomic mass is 79.9. The molecule has 90 valence electrons. The third kappa shape index (κ3) is 4.85. The van der Waals surface area contributed by atoms with Crippen molar-refractivity contribution in [2.24, 2.45) is 0 Å². The first-order valence-electron chi connectivity index (χ1n) is 4.59. The molecular formula is C10H11BrF3NO. The van der Waals surface area contributed by atoms with Crippen LogP contribution in [-0.2, 0) is 4.74 Å². The van der Waals surface area contributed by atoms with Crippen LogP contribution in [0, 0.1) is 6.92 Å². The van der Waals surface area contributed by atoms with Gasteiger partial charge >= 0.3 is 6.36 Å². The molecule has 16 heavy (non-hydrogen) atoms. The largest absolute Gasteiger partial charge is 0.522 e. The van der Waals surface area contributed by atoms with Crippen molar-refractivity contribution in [1.29, 1.82) is 0 Å². The van der Waals surface area contributed by atoms with E-state index in [0.717, 1.165) is 15.7 Å². The number of nitrogens with one attached hydrogen (secondary N) is 1. The number of rotatable bonds is 4. The summed E-state index contributed by atoms with van der Waals surface area (Å²) in [4.78, 5) is 0. The van der Waals surface area contributed by atoms with Gasteiger partial charge in [0.05, 0.1) is 6.61 Å². The van der Waals surface area contributed by atoms with Gasteiger partial charge in [-0.15, -0.1) is 13.2 Å². The van der Waals surface area contributed by atoms with E-state index in [1.54, 1.807) is 6.07 Å². The summed E-state index contributed by atoms with van der Waals surface area (Å²) < 4.78 is 39.4. The van der Waals surface area contributed by atoms with Gasteiger partial charge in [0.15, 0.2) is 0 Å². The molecule has 6 heteroatoms. The minimum Gasteiger partial charge on any atom is -0.382 e. The molecule has 0 aliphatic heterocycles. The van der Waals surface area contributed by atoms with Crippen LogP contribution in [0.4, 0.5) is 18.9 Å². The molecule has 0 amide bonds. The van der Waals surface area contributed by atoms with E-state index in [4.69, 9.17) is 0 Å². The lowest BCUT2D eigenvalue weighted by Crippen LogP contribution is -2.19. The van der Waals surface area contributed by atoms with E-state index < -0.39 is 13.0 Å². The summed E-state index contributed by atoms with van der Waals surface area (Å²) in [6, 6.07) is 5.55. The van der Waals surface area contributed by atoms with Gasteiger partial charge in [0.25, 0.3) is 0 Å². The first-order valence-corrected chi connectivity index (χ1v) is 5.38. The van der Waals surface area contributed by atoms with E-state index >= 15 is 0 Å². The minimum atomic E-state index is -4.56. The second-order valence-corrected chi connectivity index (χ2v) is 4.06. The molecule has 1 N–H and O–H groups in total. The summed E-state index contributed by atoms with van der Waals surface area (Å²) in [5.41, 5.74) is 1.82. The summed E-state index contributed by atoms with van der Waals surface area (Å²) >= 11 is 3.31. The fourth-order valence-electron chi connectivity index (χ4n) is 1.12. The molecule has 0 aliphatic carbocycles. The Balaban J connectivity index is 2.38. The third-order valence-electron chi connectivity index (χ3n) is 1.81. The van der Waals surface area contributed by atoms with Gasteiger partial charge in [0.1, 0.15) is 0 Å². The third-order valence-corrected chi connectivity index (χ3v) is 2.46. The molecule has 0 atom stereocenters. The Labute approximate surface area is 99.9 Å². The summed E-state index contributed by atoms with van der Waals surface area (Å²) in [6.07, 6.45) is -4.56. The van der Waals surface area contributed by atoms with Crippen molar-refractivity contribution >= 4 is 21.6 Å². The van der Waals surface area contributed by atoms with Crippen molar-refractivity contribution in [3.05, 3.63) is 28.2 Å². The maximum absolute atomic E-state index is 11.7. The second kappa shape index (κ2) is 5.54. The maximum Gasteiger partial charge on any atom is 0.522 e. The van der Waals surface area contributed by atoms with E-state index in [0.29, 0.717) is 0 Å². The Hall–Kier alpha value is -0.750. The van der Waals surface area contributed by atoms with E-state index in [-0.39, 0.29) is 6.54 Å². The first-order chi connectivity index (χ1) is 7.38. The Morgan fingerprint density at radius 3 is 2.62 bits per heavy atom. The normalized spacial score (nSPS) is 11.6. The smallest absolute Gasteiger partial charge is 0.382 e. The number of hydrogen-bond acceptors (Lipinski definition) is 2. The highest BCUT2D eigenvalue weighted by Gasteiger charge is 2.28. The van der Waals surface area contributed by atoms with Crippen LogP contribution in [0.3, 0.4) is 0 Å². The van der Waals surface area contributed by atoms with Crippen molar-refractivity contribution in [2.75, 3.05) is 18.5 Å². The van der Waals surface area contributed by atoms with Crippen molar-refractivity contribution in [1.82, 2.24) is 0 Å². The lowest BCUT2D eigenvalue weighted by atomic mass is 10.2. The molecule has 2 nitrogen and oxygen atoms in total. The number of hydrogen-bond donors (Lipinski definition) is 1. The fourth-order valence-corrected chi connectivity index (χ4v) is 1.75. The van der Waals surface area contributed by atoms with Crippen LogP contribution in [0.2, 0.25) is 0 Å². The quantitative estimate of drug-likeness (QED) is 0.856. The SMILES string of the molecule is Cc1ccc(NCCOC(F)(F)F)c(Br)c1. The first kappa shape index (κ1) is 13.3. The van der Waals surface area contributed by atoms with Crippen LogP contribution in [-0.4, -0.2) is 19.5 Å². The van der Waals surface area contributed by atoms with Gasteiger partial charge in [-0.3, -0.25) is 4.74 Å². The second-order valence-electron chi connectivity index (χ2n) is 3.20. The van der Waals surface area contributed by atoms with Crippen molar-refractivity contribution in [3.8, 4) is 0 Å². The van der Waals surface area contributed by atoms with E-state index in [2.05, 4.69) is 26.0 Å². The molecule has 0 spiro atoms. The molecular weight excluding hydrogens is 287 g/mol. The van der Waals surface area contributed by atoms with E-state index in [9.17, 15) is 13.2 Å². The summed E-state index contributed by atoms with van der Waals surface area (Å²) in [6.45, 7) is 1.62. The van der Waals surface area contributed by atoms with Crippen LogP contribution in [0.15, 0.2) is 22.7 Å². The monoisotopic (exact) mass is 297 g/mol. The Morgan fingerprint density at radius 2 is 2.06 bits per heavy atom. The average Bonchev–Trinajstić information content (AvgIpc) is 2.13. The van der Waals surface area contributed by atoms with Gasteiger partial charge in [0, 0.05) is 16.7 Å². The molecule has 0 heterocycles. The zero-order valence-corrected chi connectivity index (χ0v) is 10.2. The molecule has 0 saturated heterocycles. The van der Waals surface area contributed by atoms with Crippen LogP contribution in [0.25, 0.3) is 0 Å². The highest BCUT2D eigenvalue weighted by Crippen LogP contribution is 2.23. The predicted octanol–water partition coefficient (Wildman–Crippen LogP) is 3.71. The molecule has 1 aromatic rings. The summed E-state index contributed by atoms with van der Waals surface area (Å²) in [5.74, 6) is 0. The van der Waals surface area contributed by atoms with Crippen LogP contribution in [0.5, 0.6) is 0 Å². The van der Waals surface area contributed by atoms with Gasteiger partial charge < -0.3 is 5.32 Å². The number of anilines is 1. The Bertz CT molecular complexity index is 354. The summed E-state index contributed by atoms with van der Waals surface area (Å²) in [5, 5.41) is 2.84. The Morgan fingerprint density at radius 1 is 1.38 bits per heavy atom. The molecule has 0 fully saturated rings. The zero-order chi connectivity index (χ0) is 12.2. The minimum absolute atomic E-state index is 0.0984. The number of alkyl halides is 3. The topological polar surface area (TPSA) is 21.3 Å². The van der Waals surface area contributed by atoms with Crippen LogP contribution in [0.1, 0.15) is 5.56 Å². The van der Waals surface area contributed by atoms with Crippen LogP contribution < -0.4 is 5.32 Å². The molecule has 1 aromatic carbocycles. The highest BCUT2D eigenvalue weighted by molar-refractivity contribution is 9.10. The molecule has 0 saturated carbocycles. The molecule has 0 bridgehead atoms. The molecule has 0 unspecified atom stereocenters. The van der Waals surface area contributed by atoms with Crippen molar-refractivity contribution in [2.45, 2.75) is 13.3 Å². The van der Waals surface area contributed by atoms with Gasteiger partial charge in [-0.05, 0) is 40.5 Å². The fraction of sp³-hybridized carbons (Fsp3) is 0.400. The van der Waals surface area contributed by atoms with E-state index in [1.165, 1.54) is 0 Å². The molecule has 1 rings (SSSR count). The molecule has 0 radical (unpaired) electrons. The lowest BCUT2D eigenvalue weighted by Gasteiger charge is -2.10. The standard InChI is InChI=1S/C10H11BrF3NO/c1-7-2-3-9(8(11)6-7)15-4-5-16-10(12,13)14/h2-3,6,15H,4-5H2,1H3. The van der Waals surface area contributed by atoms with Gasteiger partial charge in [-0.2, -0.15) is 0 Å². The number of aryl methyl sites for hydroxylation is 1. The molecule has 0 aromatic heterocycles. The van der Waals surface area contributed by atoms with Crippen LogP contribution >= 0.6 is 15.9 Å². The number of halogens is 4. The van der Waals surface area contributed by atoms with Crippen molar-refractivity contribution in [3.63, 3.8) is 0 Å². The van der Waals surface area contributed by atoms with Gasteiger partial charge in [-0.1, -0.05) is 6.07 Å². The predicted molar refractivity (Wildman–Crippen MR) is 59.4 cm³/mol. The van der Waals surface area contributed by atoms with E-state index in [1.807, 2.05) is 19.1 Å². The summed E-state index contributed by atoms with van der Waals surface area (Å²) in [7, 11) is 0. The van der Waals surface area contributed by atoms with Gasteiger partial charge in [0.2, 0.25) is 0 Å². The molecule has 0 aliphatic rings. The lowest BCUT2D eigenvalue weighted by molar-refractivity contribution is -0.322. The average molecular weight is 298 g/mol. The number of ether oxygens (including phenoxy) is 1.